The Morgan fingerprint density at radius 3 is 2.78 bits per heavy atom. The Kier molecular flexibility index (Phi) is 5.14. The van der Waals surface area contributed by atoms with E-state index in [-0.39, 0.29) is 6.04 Å². The Balaban J connectivity index is 1.46. The van der Waals surface area contributed by atoms with Crippen molar-refractivity contribution in [1.82, 2.24) is 9.80 Å². The van der Waals surface area contributed by atoms with Crippen LogP contribution in [0.2, 0.25) is 0 Å². The van der Waals surface area contributed by atoms with Crippen LogP contribution in [0.1, 0.15) is 11.1 Å². The van der Waals surface area contributed by atoms with Gasteiger partial charge in [-0.2, -0.15) is 0 Å². The Morgan fingerprint density at radius 2 is 2.00 bits per heavy atom. The maximum absolute atomic E-state index is 11.7. The standard InChI is InChI=1S/C22H24N2O3/c1-26-21-8-5-9-22-20(21)12-18(16-27-22)24-11-10-23(14-19(24)15-25)13-17-6-3-2-4-7-17/h2-9,18H,10-14,16H2,1H3. The number of rotatable bonds is 4. The lowest BCUT2D eigenvalue weighted by atomic mass is 9.99. The van der Waals surface area contributed by atoms with Gasteiger partial charge in [0.05, 0.1) is 13.2 Å². The zero-order valence-electron chi connectivity index (χ0n) is 15.6. The summed E-state index contributed by atoms with van der Waals surface area (Å²) in [5, 5.41) is 0. The molecule has 0 saturated carbocycles. The number of benzene rings is 2. The van der Waals surface area contributed by atoms with Gasteiger partial charge in [-0.25, -0.2) is 4.79 Å². The van der Waals surface area contributed by atoms with Crippen LogP contribution in [0.25, 0.3) is 0 Å². The summed E-state index contributed by atoms with van der Waals surface area (Å²) in [6.07, 6.45) is 0.809. The fourth-order valence-corrected chi connectivity index (χ4v) is 3.99. The second-order valence-electron chi connectivity index (χ2n) is 7.04. The minimum absolute atomic E-state index is 0.129. The van der Waals surface area contributed by atoms with Crippen LogP contribution in [-0.4, -0.2) is 55.1 Å². The van der Waals surface area contributed by atoms with Gasteiger partial charge in [-0.15, -0.1) is 0 Å². The summed E-state index contributed by atoms with van der Waals surface area (Å²) >= 11 is 0. The summed E-state index contributed by atoms with van der Waals surface area (Å²) in [5.74, 6) is 3.91. The molecule has 0 bridgehead atoms. The van der Waals surface area contributed by atoms with E-state index in [4.69, 9.17) is 9.47 Å². The molecule has 2 aromatic rings. The molecule has 5 heteroatoms. The van der Waals surface area contributed by atoms with Crippen molar-refractivity contribution in [2.75, 3.05) is 33.4 Å². The van der Waals surface area contributed by atoms with Crippen molar-refractivity contribution in [2.24, 2.45) is 0 Å². The zero-order chi connectivity index (χ0) is 18.6. The SMILES string of the molecule is COc1cccc2c1CC(N1CCN(Cc3ccccc3)CC1=C=O)CO2. The van der Waals surface area contributed by atoms with Crippen molar-refractivity contribution in [3.63, 3.8) is 0 Å². The molecule has 0 N–H and O–H groups in total. The molecule has 2 heterocycles. The van der Waals surface area contributed by atoms with Crippen LogP contribution in [0.5, 0.6) is 11.5 Å². The number of carbonyl (C=O) groups excluding carboxylic acids is 1. The van der Waals surface area contributed by atoms with Gasteiger partial charge in [0, 0.05) is 38.2 Å². The van der Waals surface area contributed by atoms with E-state index in [1.807, 2.05) is 36.4 Å². The summed E-state index contributed by atoms with van der Waals surface area (Å²) in [4.78, 5) is 16.2. The highest BCUT2D eigenvalue weighted by Gasteiger charge is 2.32. The maximum Gasteiger partial charge on any atom is 0.147 e. The summed E-state index contributed by atoms with van der Waals surface area (Å²) in [6.45, 7) is 3.75. The molecule has 1 saturated heterocycles. The number of hydrogen-bond acceptors (Lipinski definition) is 5. The molecule has 0 spiro atoms. The first-order valence-electron chi connectivity index (χ1n) is 9.34. The molecule has 1 atom stereocenters. The Bertz CT molecular complexity index is 832. The number of nitrogens with zero attached hydrogens (tertiary/aromatic N) is 2. The van der Waals surface area contributed by atoms with Gasteiger partial charge in [0.1, 0.15) is 29.7 Å². The van der Waals surface area contributed by atoms with Crippen molar-refractivity contribution in [2.45, 2.75) is 19.0 Å². The van der Waals surface area contributed by atoms with E-state index in [0.29, 0.717) is 18.8 Å². The molecule has 1 fully saturated rings. The Labute approximate surface area is 159 Å². The van der Waals surface area contributed by atoms with Crippen molar-refractivity contribution < 1.29 is 14.3 Å². The molecule has 0 aromatic heterocycles. The maximum atomic E-state index is 11.7. The monoisotopic (exact) mass is 364 g/mol. The molecule has 140 valence electrons. The van der Waals surface area contributed by atoms with Crippen LogP contribution in [-0.2, 0) is 17.8 Å². The first kappa shape index (κ1) is 17.7. The molecule has 2 aromatic carbocycles. The molecule has 27 heavy (non-hydrogen) atoms. The topological polar surface area (TPSA) is 42.0 Å². The lowest BCUT2D eigenvalue weighted by molar-refractivity contribution is 0.0968. The summed E-state index contributed by atoms with van der Waals surface area (Å²) < 4.78 is 11.5. The molecule has 1 unspecified atom stereocenters. The predicted octanol–water partition coefficient (Wildman–Crippen LogP) is 2.53. The highest BCUT2D eigenvalue weighted by Crippen LogP contribution is 2.34. The molecule has 0 radical (unpaired) electrons. The van der Waals surface area contributed by atoms with E-state index in [9.17, 15) is 4.79 Å². The van der Waals surface area contributed by atoms with Gasteiger partial charge in [0.25, 0.3) is 0 Å². The van der Waals surface area contributed by atoms with Crippen LogP contribution in [0.15, 0.2) is 54.2 Å². The second-order valence-corrected chi connectivity index (χ2v) is 7.04. The smallest absolute Gasteiger partial charge is 0.147 e. The van der Waals surface area contributed by atoms with Gasteiger partial charge in [-0.1, -0.05) is 36.4 Å². The number of piperazine rings is 1. The van der Waals surface area contributed by atoms with Gasteiger partial charge in [-0.3, -0.25) is 4.90 Å². The largest absolute Gasteiger partial charge is 0.496 e. The van der Waals surface area contributed by atoms with Crippen molar-refractivity contribution >= 4 is 5.94 Å². The third-order valence-corrected chi connectivity index (χ3v) is 5.37. The van der Waals surface area contributed by atoms with Gasteiger partial charge in [-0.05, 0) is 17.7 Å². The number of hydrogen-bond donors (Lipinski definition) is 0. The average molecular weight is 364 g/mol. The lowest BCUT2D eigenvalue weighted by Gasteiger charge is -2.42. The zero-order valence-corrected chi connectivity index (χ0v) is 15.6. The average Bonchev–Trinajstić information content (AvgIpc) is 2.73. The predicted molar refractivity (Wildman–Crippen MR) is 104 cm³/mol. The van der Waals surface area contributed by atoms with Crippen molar-refractivity contribution in [1.29, 1.82) is 0 Å². The van der Waals surface area contributed by atoms with Crippen LogP contribution in [0.4, 0.5) is 0 Å². The molecule has 2 aliphatic rings. The fourth-order valence-electron chi connectivity index (χ4n) is 3.99. The third-order valence-electron chi connectivity index (χ3n) is 5.37. The van der Waals surface area contributed by atoms with Crippen LogP contribution < -0.4 is 9.47 Å². The number of fused-ring (bicyclic) bond motifs is 1. The number of ether oxygens (including phenoxy) is 2. The normalized spacial score (nSPS) is 19.8. The van der Waals surface area contributed by atoms with E-state index in [2.05, 4.69) is 27.9 Å². The number of methoxy groups -OCH3 is 1. The molecule has 5 nitrogen and oxygen atoms in total. The van der Waals surface area contributed by atoms with Crippen LogP contribution >= 0.6 is 0 Å². The van der Waals surface area contributed by atoms with E-state index >= 15 is 0 Å². The van der Waals surface area contributed by atoms with E-state index in [1.54, 1.807) is 7.11 Å². The van der Waals surface area contributed by atoms with Gasteiger partial charge < -0.3 is 14.4 Å². The van der Waals surface area contributed by atoms with Gasteiger partial charge in [0.2, 0.25) is 0 Å². The van der Waals surface area contributed by atoms with Gasteiger partial charge in [0.15, 0.2) is 0 Å². The minimum Gasteiger partial charge on any atom is -0.496 e. The first-order valence-corrected chi connectivity index (χ1v) is 9.34. The molecule has 4 rings (SSSR count). The minimum atomic E-state index is 0.129. The highest BCUT2D eigenvalue weighted by molar-refractivity contribution is 5.53. The molecule has 0 aliphatic carbocycles. The van der Waals surface area contributed by atoms with Crippen LogP contribution in [0.3, 0.4) is 0 Å². The quantitative estimate of drug-likeness (QED) is 0.780. The Morgan fingerprint density at radius 1 is 1.15 bits per heavy atom. The molecule has 2 aliphatic heterocycles. The van der Waals surface area contributed by atoms with E-state index in [0.717, 1.165) is 43.1 Å². The van der Waals surface area contributed by atoms with Crippen molar-refractivity contribution in [3.8, 4) is 11.5 Å². The summed E-state index contributed by atoms with van der Waals surface area (Å²) in [6, 6.07) is 16.4. The fraction of sp³-hybridized carbons (Fsp3) is 0.364. The van der Waals surface area contributed by atoms with Crippen LogP contribution in [0, 0.1) is 0 Å². The van der Waals surface area contributed by atoms with Gasteiger partial charge >= 0.3 is 0 Å². The highest BCUT2D eigenvalue weighted by atomic mass is 16.5. The lowest BCUT2D eigenvalue weighted by Crippen LogP contribution is -2.52. The van der Waals surface area contributed by atoms with Crippen molar-refractivity contribution in [3.05, 3.63) is 65.4 Å². The second kappa shape index (κ2) is 7.87. The molecule has 0 amide bonds. The molecular weight excluding hydrogens is 340 g/mol. The summed E-state index contributed by atoms with van der Waals surface area (Å²) in [7, 11) is 1.68. The third kappa shape index (κ3) is 3.70. The first-order chi connectivity index (χ1) is 13.3. The van der Waals surface area contributed by atoms with E-state index in [1.165, 1.54) is 5.56 Å². The summed E-state index contributed by atoms with van der Waals surface area (Å²) in [5.41, 5.74) is 3.05. The molecular formula is C22H24N2O3. The Hall–Kier alpha value is -2.75. The van der Waals surface area contributed by atoms with E-state index < -0.39 is 0 Å².